The van der Waals surface area contributed by atoms with Gasteiger partial charge in [-0.25, -0.2) is 23.4 Å². The number of imidazole rings is 1. The smallest absolute Gasteiger partial charge is 0.295 e. The summed E-state index contributed by atoms with van der Waals surface area (Å²) in [5.41, 5.74) is 3.97. The lowest BCUT2D eigenvalue weighted by atomic mass is 10.1. The van der Waals surface area contributed by atoms with Crippen LogP contribution in [0.5, 0.6) is 5.75 Å². The quantitative estimate of drug-likeness (QED) is 0.181. The van der Waals surface area contributed by atoms with Gasteiger partial charge in [-0.15, -0.1) is 5.10 Å². The molecular weight excluding hydrogens is 562 g/mol. The minimum atomic E-state index is -2.73. The predicted molar refractivity (Wildman–Crippen MR) is 126 cm³/mol. The summed E-state index contributed by atoms with van der Waals surface area (Å²) in [4.78, 5) is 8.36. The Kier molecular flexibility index (Phi) is 6.27. The van der Waals surface area contributed by atoms with Crippen LogP contribution in [-0.2, 0) is 7.05 Å². The van der Waals surface area contributed by atoms with Crippen molar-refractivity contribution in [3.63, 3.8) is 0 Å². The molecule has 0 fully saturated rings. The van der Waals surface area contributed by atoms with E-state index in [0.29, 0.717) is 28.3 Å². The number of aryl methyl sites for hydroxylation is 2. The average Bonchev–Trinajstić information content (AvgIpc) is 3.27. The molecule has 4 aromatic rings. The number of ether oxygens (including phenoxy) is 1. The van der Waals surface area contributed by atoms with Gasteiger partial charge in [-0.1, -0.05) is 22.9 Å². The van der Waals surface area contributed by atoms with Gasteiger partial charge >= 0.3 is 0 Å². The molecular formula is C18H16ClF2IN7OP. The summed E-state index contributed by atoms with van der Waals surface area (Å²) in [7, 11) is 3.35. The van der Waals surface area contributed by atoms with Crippen LogP contribution in [0.2, 0.25) is 5.15 Å². The van der Waals surface area contributed by atoms with Gasteiger partial charge in [0.15, 0.2) is 17.2 Å². The first-order chi connectivity index (χ1) is 14.8. The van der Waals surface area contributed by atoms with Crippen LogP contribution in [-0.4, -0.2) is 36.4 Å². The number of para-hydroxylation sites is 1. The highest BCUT2D eigenvalue weighted by molar-refractivity contribution is 14.2. The summed E-state index contributed by atoms with van der Waals surface area (Å²) >= 11 is 8.22. The third-order valence-electron chi connectivity index (χ3n) is 4.63. The van der Waals surface area contributed by atoms with Crippen LogP contribution in [0.1, 0.15) is 17.9 Å². The van der Waals surface area contributed by atoms with Crippen molar-refractivity contribution in [2.24, 2.45) is 7.05 Å². The summed E-state index contributed by atoms with van der Waals surface area (Å²) < 4.78 is 35.8. The number of fused-ring (bicyclic) bond motifs is 1. The molecule has 0 saturated carbocycles. The first-order valence-electron chi connectivity index (χ1n) is 8.90. The van der Waals surface area contributed by atoms with E-state index in [9.17, 15) is 8.78 Å². The molecule has 0 saturated heterocycles. The van der Waals surface area contributed by atoms with Gasteiger partial charge in [-0.2, -0.15) is 0 Å². The van der Waals surface area contributed by atoms with Gasteiger partial charge in [0.1, 0.15) is 10.7 Å². The Labute approximate surface area is 195 Å². The number of aromatic nitrogens is 6. The van der Waals surface area contributed by atoms with Crippen LogP contribution >= 0.6 is 40.0 Å². The van der Waals surface area contributed by atoms with E-state index in [-0.39, 0.29) is 17.4 Å². The van der Waals surface area contributed by atoms with Crippen molar-refractivity contribution in [2.75, 3.05) is 12.4 Å². The zero-order chi connectivity index (χ0) is 22.3. The fourth-order valence-electron chi connectivity index (χ4n) is 3.38. The van der Waals surface area contributed by atoms with Crippen LogP contribution in [0.4, 0.5) is 20.2 Å². The number of nitrogens with zero attached hydrogens (tertiary/aromatic N) is 6. The van der Waals surface area contributed by atoms with Gasteiger partial charge < -0.3 is 10.1 Å². The summed E-state index contributed by atoms with van der Waals surface area (Å²) in [5.74, 6) is 0.194. The molecule has 8 nitrogen and oxygen atoms in total. The van der Waals surface area contributed by atoms with Gasteiger partial charge in [-0.05, 0) is 41.1 Å². The minimum absolute atomic E-state index is 0.00805. The third-order valence-corrected chi connectivity index (χ3v) is 6.88. The Morgan fingerprint density at radius 2 is 2.03 bits per heavy atom. The molecule has 0 aliphatic rings. The van der Waals surface area contributed by atoms with Crippen molar-refractivity contribution >= 4 is 62.6 Å². The number of methoxy groups -OCH3 is 1. The lowest BCUT2D eigenvalue weighted by molar-refractivity contribution is 0.140. The van der Waals surface area contributed by atoms with E-state index < -0.39 is 6.43 Å². The molecule has 0 bridgehead atoms. The van der Waals surface area contributed by atoms with Crippen molar-refractivity contribution in [3.05, 3.63) is 40.9 Å². The molecule has 1 atom stereocenters. The molecule has 4 rings (SSSR count). The van der Waals surface area contributed by atoms with Crippen LogP contribution < -0.4 is 10.1 Å². The Morgan fingerprint density at radius 3 is 2.65 bits per heavy atom. The zero-order valence-electron chi connectivity index (χ0n) is 16.5. The molecule has 162 valence electrons. The van der Waals surface area contributed by atoms with Gasteiger partial charge in [0.2, 0.25) is 0 Å². The summed E-state index contributed by atoms with van der Waals surface area (Å²) in [6.45, 7) is 1.86. The molecule has 0 aliphatic heterocycles. The summed E-state index contributed by atoms with van der Waals surface area (Å²) in [6, 6.07) is 7.11. The average molecular weight is 578 g/mol. The van der Waals surface area contributed by atoms with Gasteiger partial charge in [0.05, 0.1) is 36.2 Å². The number of benzene rings is 1. The van der Waals surface area contributed by atoms with Gasteiger partial charge in [-0.3, -0.25) is 4.34 Å². The second-order valence-corrected chi connectivity index (χ2v) is 8.96. The van der Waals surface area contributed by atoms with Gasteiger partial charge in [0, 0.05) is 18.7 Å². The van der Waals surface area contributed by atoms with Crippen molar-refractivity contribution < 1.29 is 13.5 Å². The van der Waals surface area contributed by atoms with Crippen molar-refractivity contribution in [1.82, 2.24) is 29.3 Å². The number of anilines is 2. The third kappa shape index (κ3) is 3.94. The van der Waals surface area contributed by atoms with E-state index in [1.165, 1.54) is 4.34 Å². The van der Waals surface area contributed by atoms with Gasteiger partial charge in [0.25, 0.3) is 6.43 Å². The largest absolute Gasteiger partial charge is 0.494 e. The van der Waals surface area contributed by atoms with Crippen LogP contribution in [0.3, 0.4) is 0 Å². The lowest BCUT2D eigenvalue weighted by Crippen LogP contribution is -2.01. The standard InChI is InChI=1S/C18H16ClF2IN7OP/c1-8-14(28(2)27-26-8)9-5-4-6-10(15(9)30-3)23-11-7-12(19)24-17-13(11)25-18(16(20)21)29(17)31-22/h4-7,16,31H,1-3H3,(H,23,24). The molecule has 0 spiro atoms. The Bertz CT molecular complexity index is 1260. The fourth-order valence-corrected chi connectivity index (χ4v) is 5.46. The highest BCUT2D eigenvalue weighted by atomic mass is 127. The number of pyridine rings is 1. The molecule has 3 heterocycles. The molecule has 1 aromatic carbocycles. The highest BCUT2D eigenvalue weighted by Gasteiger charge is 2.23. The van der Waals surface area contributed by atoms with E-state index in [4.69, 9.17) is 16.3 Å². The molecule has 0 amide bonds. The predicted octanol–water partition coefficient (Wildman–Crippen LogP) is 5.67. The number of hydrogen-bond donors (Lipinski definition) is 1. The van der Waals surface area contributed by atoms with E-state index >= 15 is 0 Å². The first-order valence-corrected chi connectivity index (χ1v) is 13.3. The highest BCUT2D eigenvalue weighted by Crippen LogP contribution is 2.41. The molecule has 3 aromatic heterocycles. The topological polar surface area (TPSA) is 82.7 Å². The Balaban J connectivity index is 1.88. The molecule has 1 unspecified atom stereocenters. The summed E-state index contributed by atoms with van der Waals surface area (Å²) in [6.07, 6.45) is -2.74. The first kappa shape index (κ1) is 22.1. The zero-order valence-corrected chi connectivity index (χ0v) is 20.4. The maximum atomic E-state index is 13.5. The Hall–Kier alpha value is -2.11. The summed E-state index contributed by atoms with van der Waals surface area (Å²) in [5, 5.41) is 11.5. The van der Waals surface area contributed by atoms with Crippen LogP contribution in [0.15, 0.2) is 24.3 Å². The SMILES string of the molecule is COc1c(Nc2cc(Cl)nc3c2nc(C(F)F)n3PI)cccc1-c1c(C)nnn1C. The molecule has 1 N–H and O–H groups in total. The minimum Gasteiger partial charge on any atom is -0.494 e. The Morgan fingerprint density at radius 1 is 1.26 bits per heavy atom. The maximum absolute atomic E-state index is 13.5. The normalized spacial score (nSPS) is 11.9. The second kappa shape index (κ2) is 8.79. The maximum Gasteiger partial charge on any atom is 0.295 e. The monoisotopic (exact) mass is 577 g/mol. The van der Waals surface area contributed by atoms with Crippen LogP contribution in [0, 0.1) is 6.92 Å². The van der Waals surface area contributed by atoms with E-state index in [2.05, 4.69) is 25.6 Å². The van der Waals surface area contributed by atoms with E-state index in [1.807, 2.05) is 47.2 Å². The number of nitrogens with one attached hydrogen (secondary N) is 1. The number of halogens is 4. The fraction of sp³-hybridized carbons (Fsp3) is 0.222. The molecule has 0 aliphatic carbocycles. The van der Waals surface area contributed by atoms with E-state index in [1.54, 1.807) is 24.9 Å². The van der Waals surface area contributed by atoms with E-state index in [0.717, 1.165) is 17.0 Å². The number of hydrogen-bond acceptors (Lipinski definition) is 6. The molecule has 31 heavy (non-hydrogen) atoms. The van der Waals surface area contributed by atoms with Crippen molar-refractivity contribution in [3.8, 4) is 17.0 Å². The molecule has 13 heteroatoms. The van der Waals surface area contributed by atoms with Crippen LogP contribution in [0.25, 0.3) is 22.4 Å². The number of rotatable bonds is 6. The second-order valence-electron chi connectivity index (χ2n) is 6.51. The number of alkyl halides is 2. The lowest BCUT2D eigenvalue weighted by Gasteiger charge is -2.16. The van der Waals surface area contributed by atoms with Crippen molar-refractivity contribution in [1.29, 1.82) is 0 Å². The molecule has 0 radical (unpaired) electrons. The van der Waals surface area contributed by atoms with Crippen molar-refractivity contribution in [2.45, 2.75) is 13.3 Å².